The van der Waals surface area contributed by atoms with Gasteiger partial charge in [-0.2, -0.15) is 0 Å². The molecule has 1 unspecified atom stereocenters. The summed E-state index contributed by atoms with van der Waals surface area (Å²) in [5.41, 5.74) is 0. The predicted octanol–water partition coefficient (Wildman–Crippen LogP) is 3.39. The van der Waals surface area contributed by atoms with Crippen molar-refractivity contribution in [3.05, 3.63) is 6.42 Å². The zero-order chi connectivity index (χ0) is 13.6. The summed E-state index contributed by atoms with van der Waals surface area (Å²) in [5.74, 6) is -0.788. The lowest BCUT2D eigenvalue weighted by Gasteiger charge is -2.14. The standard InChI is InChI=1S/C15H29O3.H2O/c1-3-5-6-7-8-9-10-11-12-14(18-4-2)13-15(16)17;/h12,14H,3-11,13H2,1-2H3,(H,16,17);1H2. The topological polar surface area (TPSA) is 78.0 Å². The fraction of sp³-hybridized carbons (Fsp3) is 0.867. The van der Waals surface area contributed by atoms with Crippen molar-refractivity contribution in [2.24, 2.45) is 0 Å². The summed E-state index contributed by atoms with van der Waals surface area (Å²) in [4.78, 5) is 10.6. The van der Waals surface area contributed by atoms with E-state index in [-0.39, 0.29) is 18.0 Å². The van der Waals surface area contributed by atoms with Crippen LogP contribution in [0.4, 0.5) is 0 Å². The Hall–Kier alpha value is -0.610. The van der Waals surface area contributed by atoms with E-state index < -0.39 is 5.97 Å². The van der Waals surface area contributed by atoms with Gasteiger partial charge in [-0.1, -0.05) is 51.9 Å². The molecule has 0 aliphatic heterocycles. The maximum absolute atomic E-state index is 10.6. The molecule has 115 valence electrons. The average Bonchev–Trinajstić information content (AvgIpc) is 2.32. The maximum atomic E-state index is 10.6. The molecule has 0 amide bonds. The van der Waals surface area contributed by atoms with Crippen molar-refractivity contribution in [3.8, 4) is 0 Å². The highest BCUT2D eigenvalue weighted by Crippen LogP contribution is 2.12. The highest BCUT2D eigenvalue weighted by Gasteiger charge is 2.12. The van der Waals surface area contributed by atoms with E-state index in [1.807, 2.05) is 13.3 Å². The Morgan fingerprint density at radius 1 is 1.11 bits per heavy atom. The van der Waals surface area contributed by atoms with Gasteiger partial charge in [0.25, 0.3) is 0 Å². The molecule has 0 bridgehead atoms. The molecule has 0 aromatic heterocycles. The third kappa shape index (κ3) is 15.3. The molecular weight excluding hydrogens is 244 g/mol. The molecule has 0 saturated heterocycles. The first-order valence-electron chi connectivity index (χ1n) is 7.37. The number of carbonyl (C=O) groups is 1. The van der Waals surface area contributed by atoms with E-state index in [2.05, 4.69) is 6.92 Å². The second kappa shape index (κ2) is 15.4. The third-order valence-electron chi connectivity index (χ3n) is 2.99. The molecule has 19 heavy (non-hydrogen) atoms. The molecule has 0 heterocycles. The second-order valence-electron chi connectivity index (χ2n) is 4.74. The molecule has 0 aliphatic carbocycles. The van der Waals surface area contributed by atoms with E-state index in [1.165, 1.54) is 38.5 Å². The SMILES string of the molecule is CCCCCCCCC[CH]C(CC(=O)O)OCC.O. The predicted molar refractivity (Wildman–Crippen MR) is 78.2 cm³/mol. The van der Waals surface area contributed by atoms with Crippen LogP contribution in [0, 0.1) is 6.42 Å². The molecule has 4 heteroatoms. The summed E-state index contributed by atoms with van der Waals surface area (Å²) < 4.78 is 5.38. The van der Waals surface area contributed by atoms with Gasteiger partial charge in [-0.15, -0.1) is 0 Å². The lowest BCUT2D eigenvalue weighted by Crippen LogP contribution is -2.18. The van der Waals surface area contributed by atoms with Crippen LogP contribution in [0.2, 0.25) is 0 Å². The van der Waals surface area contributed by atoms with E-state index in [4.69, 9.17) is 9.84 Å². The number of aliphatic carboxylic acids is 1. The van der Waals surface area contributed by atoms with Gasteiger partial charge in [-0.25, -0.2) is 0 Å². The van der Waals surface area contributed by atoms with Gasteiger partial charge in [0.05, 0.1) is 12.5 Å². The number of carboxylic acid groups (broad SMARTS) is 1. The fourth-order valence-electron chi connectivity index (χ4n) is 2.00. The second-order valence-corrected chi connectivity index (χ2v) is 4.74. The van der Waals surface area contributed by atoms with Crippen molar-refractivity contribution >= 4 is 5.97 Å². The average molecular weight is 275 g/mol. The summed E-state index contributed by atoms with van der Waals surface area (Å²) in [6.07, 6.45) is 11.9. The van der Waals surface area contributed by atoms with Gasteiger partial charge < -0.3 is 15.3 Å². The highest BCUT2D eigenvalue weighted by molar-refractivity contribution is 5.67. The van der Waals surface area contributed by atoms with Crippen molar-refractivity contribution in [3.63, 3.8) is 0 Å². The molecule has 0 rings (SSSR count). The Kier molecular flexibility index (Phi) is 16.8. The number of carboxylic acids is 1. The Morgan fingerprint density at radius 2 is 1.68 bits per heavy atom. The van der Waals surface area contributed by atoms with Crippen LogP contribution in [0.1, 0.15) is 71.6 Å². The fourth-order valence-corrected chi connectivity index (χ4v) is 2.00. The molecule has 0 fully saturated rings. The molecule has 0 aromatic rings. The van der Waals surface area contributed by atoms with Crippen LogP contribution >= 0.6 is 0 Å². The summed E-state index contributed by atoms with van der Waals surface area (Å²) in [5, 5.41) is 8.73. The molecule has 0 saturated carbocycles. The Labute approximate surface area is 117 Å². The maximum Gasteiger partial charge on any atom is 0.305 e. The van der Waals surface area contributed by atoms with Crippen LogP contribution < -0.4 is 0 Å². The number of hydrogen-bond acceptors (Lipinski definition) is 2. The van der Waals surface area contributed by atoms with Gasteiger partial charge in [-0.3, -0.25) is 4.79 Å². The summed E-state index contributed by atoms with van der Waals surface area (Å²) >= 11 is 0. The monoisotopic (exact) mass is 275 g/mol. The Balaban J connectivity index is 0. The van der Waals surface area contributed by atoms with Crippen molar-refractivity contribution in [1.82, 2.24) is 0 Å². The van der Waals surface area contributed by atoms with Crippen LogP contribution in [-0.4, -0.2) is 29.3 Å². The van der Waals surface area contributed by atoms with Gasteiger partial charge in [0.15, 0.2) is 0 Å². The quantitative estimate of drug-likeness (QED) is 0.523. The van der Waals surface area contributed by atoms with E-state index in [0.29, 0.717) is 6.61 Å². The first kappa shape index (κ1) is 20.7. The van der Waals surface area contributed by atoms with Crippen molar-refractivity contribution < 1.29 is 20.1 Å². The molecule has 0 aromatic carbocycles. The minimum atomic E-state index is -0.788. The Morgan fingerprint density at radius 3 is 2.21 bits per heavy atom. The van der Waals surface area contributed by atoms with Crippen LogP contribution in [0.3, 0.4) is 0 Å². The first-order chi connectivity index (χ1) is 8.70. The van der Waals surface area contributed by atoms with E-state index in [1.54, 1.807) is 0 Å². The molecule has 1 radical (unpaired) electrons. The number of rotatable bonds is 13. The molecule has 1 atom stereocenters. The van der Waals surface area contributed by atoms with E-state index >= 15 is 0 Å². The largest absolute Gasteiger partial charge is 0.481 e. The molecule has 3 N–H and O–H groups in total. The van der Waals surface area contributed by atoms with Crippen LogP contribution in [0.5, 0.6) is 0 Å². The lowest BCUT2D eigenvalue weighted by molar-refractivity contribution is -0.139. The van der Waals surface area contributed by atoms with Gasteiger partial charge in [0.1, 0.15) is 0 Å². The molecular formula is C15H31O4. The van der Waals surface area contributed by atoms with Crippen molar-refractivity contribution in [1.29, 1.82) is 0 Å². The van der Waals surface area contributed by atoms with Crippen LogP contribution in [0.15, 0.2) is 0 Å². The van der Waals surface area contributed by atoms with Gasteiger partial charge in [-0.05, 0) is 19.8 Å². The smallest absolute Gasteiger partial charge is 0.305 e. The van der Waals surface area contributed by atoms with Crippen molar-refractivity contribution in [2.75, 3.05) is 6.61 Å². The minimum Gasteiger partial charge on any atom is -0.481 e. The summed E-state index contributed by atoms with van der Waals surface area (Å²) in [6, 6.07) is 0. The Bertz CT molecular complexity index is 195. The van der Waals surface area contributed by atoms with E-state index in [0.717, 1.165) is 12.8 Å². The van der Waals surface area contributed by atoms with Gasteiger partial charge in [0, 0.05) is 6.61 Å². The molecule has 0 spiro atoms. The lowest BCUT2D eigenvalue weighted by atomic mass is 10.0. The zero-order valence-electron chi connectivity index (χ0n) is 12.5. The van der Waals surface area contributed by atoms with Gasteiger partial charge in [0.2, 0.25) is 0 Å². The molecule has 4 nitrogen and oxygen atoms in total. The minimum absolute atomic E-state index is 0. The molecule has 0 aliphatic rings. The first-order valence-corrected chi connectivity index (χ1v) is 7.37. The normalized spacial score (nSPS) is 11.9. The highest BCUT2D eigenvalue weighted by atomic mass is 16.5. The van der Waals surface area contributed by atoms with Gasteiger partial charge >= 0.3 is 5.97 Å². The van der Waals surface area contributed by atoms with Crippen LogP contribution in [-0.2, 0) is 9.53 Å². The van der Waals surface area contributed by atoms with E-state index in [9.17, 15) is 4.79 Å². The zero-order valence-corrected chi connectivity index (χ0v) is 12.5. The summed E-state index contributed by atoms with van der Waals surface area (Å²) in [7, 11) is 0. The number of ether oxygens (including phenoxy) is 1. The van der Waals surface area contributed by atoms with Crippen LogP contribution in [0.25, 0.3) is 0 Å². The number of hydrogen-bond donors (Lipinski definition) is 1. The van der Waals surface area contributed by atoms with Crippen molar-refractivity contribution in [2.45, 2.75) is 77.7 Å². The third-order valence-corrected chi connectivity index (χ3v) is 2.99. The summed E-state index contributed by atoms with van der Waals surface area (Å²) in [6.45, 7) is 4.70. The number of unbranched alkanes of at least 4 members (excludes halogenated alkanes) is 7.